The summed E-state index contributed by atoms with van der Waals surface area (Å²) < 4.78 is 37.4. The lowest BCUT2D eigenvalue weighted by molar-refractivity contribution is 0.0447. The summed E-state index contributed by atoms with van der Waals surface area (Å²) in [6.07, 6.45) is 0. The van der Waals surface area contributed by atoms with E-state index >= 15 is 0 Å². The third-order valence-corrected chi connectivity index (χ3v) is 6.74. The molecule has 6 nitrogen and oxygen atoms in total. The van der Waals surface area contributed by atoms with E-state index in [1.165, 1.54) is 29.6 Å². The number of halogens is 1. The van der Waals surface area contributed by atoms with Gasteiger partial charge in [-0.2, -0.15) is 4.31 Å². The number of para-hydroxylation sites is 1. The number of rotatable bonds is 6. The fourth-order valence-corrected chi connectivity index (χ4v) is 4.18. The number of esters is 1. The smallest absolute Gasteiger partial charge is 0.340 e. The van der Waals surface area contributed by atoms with Crippen molar-refractivity contribution in [3.63, 3.8) is 0 Å². The lowest BCUT2D eigenvalue weighted by Gasteiger charge is -2.21. The molecule has 0 saturated carbocycles. The Hall–Kier alpha value is -2.35. The van der Waals surface area contributed by atoms with Gasteiger partial charge in [0.05, 0.1) is 15.5 Å². The Morgan fingerprint density at radius 3 is 2.57 bits per heavy atom. The maximum atomic E-state index is 12.7. The van der Waals surface area contributed by atoms with Gasteiger partial charge in [0.25, 0.3) is 0 Å². The van der Waals surface area contributed by atoms with Crippen LogP contribution in [0.15, 0.2) is 57.8 Å². The monoisotopic (exact) mass is 421 g/mol. The summed E-state index contributed by atoms with van der Waals surface area (Å²) in [4.78, 5) is 12.5. The molecule has 0 aliphatic heterocycles. The number of benzene rings is 2. The molecule has 1 heterocycles. The van der Waals surface area contributed by atoms with Gasteiger partial charge in [-0.1, -0.05) is 29.8 Å². The Balaban J connectivity index is 1.81. The maximum absolute atomic E-state index is 12.7. The molecule has 2 aromatic carbocycles. The molecule has 3 rings (SSSR count). The molecule has 0 amide bonds. The molecule has 1 aromatic heterocycles. The summed E-state index contributed by atoms with van der Waals surface area (Å²) in [7, 11) is -2.27. The molecule has 8 heteroatoms. The van der Waals surface area contributed by atoms with Crippen molar-refractivity contribution in [2.75, 3.05) is 7.05 Å². The standard InChI is InChI=1S/C20H20ClNO5S/c1-13(2)22(3)28(24,25)16-8-9-18(21)17(11-16)20(23)26-12-15-10-14-6-4-5-7-19(14)27-15/h4-11,13H,12H2,1-3H3. The van der Waals surface area contributed by atoms with Crippen LogP contribution in [0.25, 0.3) is 11.0 Å². The Kier molecular flexibility index (Phi) is 5.79. The van der Waals surface area contributed by atoms with Crippen LogP contribution < -0.4 is 0 Å². The van der Waals surface area contributed by atoms with Crippen LogP contribution in [0.1, 0.15) is 30.0 Å². The second-order valence-electron chi connectivity index (χ2n) is 6.58. The highest BCUT2D eigenvalue weighted by molar-refractivity contribution is 7.89. The third kappa shape index (κ3) is 4.06. The summed E-state index contributed by atoms with van der Waals surface area (Å²) >= 11 is 6.10. The minimum absolute atomic E-state index is 0.0176. The van der Waals surface area contributed by atoms with Crippen LogP contribution in [0.3, 0.4) is 0 Å². The number of ether oxygens (including phenoxy) is 1. The molecule has 0 saturated heterocycles. The predicted octanol–water partition coefficient (Wildman–Crippen LogP) is 4.47. The molecule has 28 heavy (non-hydrogen) atoms. The number of hydrogen-bond acceptors (Lipinski definition) is 5. The van der Waals surface area contributed by atoms with Crippen molar-refractivity contribution < 1.29 is 22.4 Å². The van der Waals surface area contributed by atoms with E-state index in [-0.39, 0.29) is 28.1 Å². The molecule has 148 valence electrons. The minimum atomic E-state index is -3.75. The molecular formula is C20H20ClNO5S. The van der Waals surface area contributed by atoms with Gasteiger partial charge in [0, 0.05) is 18.5 Å². The van der Waals surface area contributed by atoms with Gasteiger partial charge in [-0.15, -0.1) is 0 Å². The van der Waals surface area contributed by atoms with E-state index in [9.17, 15) is 13.2 Å². The molecular weight excluding hydrogens is 402 g/mol. The summed E-state index contributed by atoms with van der Waals surface area (Å²) in [6.45, 7) is 3.43. The number of carbonyl (C=O) groups is 1. The quantitative estimate of drug-likeness (QED) is 0.549. The summed E-state index contributed by atoms with van der Waals surface area (Å²) in [5, 5.41) is 1.01. The fraction of sp³-hybridized carbons (Fsp3) is 0.250. The van der Waals surface area contributed by atoms with E-state index in [0.29, 0.717) is 11.3 Å². The van der Waals surface area contributed by atoms with Crippen molar-refractivity contribution in [3.05, 3.63) is 64.9 Å². The number of nitrogens with zero attached hydrogens (tertiary/aromatic N) is 1. The first-order valence-electron chi connectivity index (χ1n) is 8.62. The number of sulfonamides is 1. The first-order chi connectivity index (χ1) is 13.2. The molecule has 0 aliphatic rings. The van der Waals surface area contributed by atoms with Gasteiger partial charge in [-0.25, -0.2) is 13.2 Å². The van der Waals surface area contributed by atoms with Gasteiger partial charge in [0.2, 0.25) is 10.0 Å². The first kappa shape index (κ1) is 20.4. The summed E-state index contributed by atoms with van der Waals surface area (Å²) in [5.74, 6) is -0.247. The molecule has 0 atom stereocenters. The van der Waals surface area contributed by atoms with E-state index < -0.39 is 16.0 Å². The maximum Gasteiger partial charge on any atom is 0.340 e. The number of hydrogen-bond donors (Lipinski definition) is 0. The predicted molar refractivity (Wildman–Crippen MR) is 107 cm³/mol. The highest BCUT2D eigenvalue weighted by Gasteiger charge is 2.25. The van der Waals surface area contributed by atoms with E-state index in [0.717, 1.165) is 5.39 Å². The zero-order valence-corrected chi connectivity index (χ0v) is 17.3. The molecule has 0 bridgehead atoms. The van der Waals surface area contributed by atoms with Gasteiger partial charge in [0.15, 0.2) is 0 Å². The second-order valence-corrected chi connectivity index (χ2v) is 8.99. The van der Waals surface area contributed by atoms with Crippen molar-refractivity contribution in [3.8, 4) is 0 Å². The lowest BCUT2D eigenvalue weighted by atomic mass is 10.2. The zero-order valence-electron chi connectivity index (χ0n) is 15.7. The fourth-order valence-electron chi connectivity index (χ4n) is 2.59. The number of carbonyl (C=O) groups excluding carboxylic acids is 1. The van der Waals surface area contributed by atoms with Crippen LogP contribution in [0.2, 0.25) is 5.02 Å². The summed E-state index contributed by atoms with van der Waals surface area (Å²) in [6, 6.07) is 13.0. The average molecular weight is 422 g/mol. The number of furan rings is 1. The van der Waals surface area contributed by atoms with Crippen molar-refractivity contribution in [1.29, 1.82) is 0 Å². The largest absolute Gasteiger partial charge is 0.457 e. The first-order valence-corrected chi connectivity index (χ1v) is 10.4. The molecule has 0 N–H and O–H groups in total. The zero-order chi connectivity index (χ0) is 20.5. The topological polar surface area (TPSA) is 76.8 Å². The normalized spacial score (nSPS) is 12.1. The minimum Gasteiger partial charge on any atom is -0.457 e. The van der Waals surface area contributed by atoms with Crippen molar-refractivity contribution in [1.82, 2.24) is 4.31 Å². The van der Waals surface area contributed by atoms with Crippen molar-refractivity contribution >= 4 is 38.6 Å². The van der Waals surface area contributed by atoms with Crippen molar-refractivity contribution in [2.24, 2.45) is 0 Å². The van der Waals surface area contributed by atoms with Crippen LogP contribution in [0.4, 0.5) is 0 Å². The average Bonchev–Trinajstić information content (AvgIpc) is 3.08. The SMILES string of the molecule is CC(C)N(C)S(=O)(=O)c1ccc(Cl)c(C(=O)OCc2cc3ccccc3o2)c1. The molecule has 0 fully saturated rings. The van der Waals surface area contributed by atoms with Gasteiger partial charge >= 0.3 is 5.97 Å². The number of fused-ring (bicyclic) bond motifs is 1. The molecule has 0 spiro atoms. The van der Waals surface area contributed by atoms with E-state index in [1.54, 1.807) is 19.9 Å². The molecule has 0 aliphatic carbocycles. The lowest BCUT2D eigenvalue weighted by Crippen LogP contribution is -2.33. The Morgan fingerprint density at radius 1 is 1.18 bits per heavy atom. The van der Waals surface area contributed by atoms with Crippen LogP contribution >= 0.6 is 11.6 Å². The van der Waals surface area contributed by atoms with Gasteiger partial charge in [0.1, 0.15) is 18.0 Å². The second kappa shape index (κ2) is 7.95. The van der Waals surface area contributed by atoms with E-state index in [1.807, 2.05) is 24.3 Å². The van der Waals surface area contributed by atoms with E-state index in [4.69, 9.17) is 20.8 Å². The highest BCUT2D eigenvalue weighted by Crippen LogP contribution is 2.25. The van der Waals surface area contributed by atoms with Crippen LogP contribution in [0.5, 0.6) is 0 Å². The molecule has 3 aromatic rings. The molecule has 0 unspecified atom stereocenters. The Labute approximate surface area is 168 Å². The highest BCUT2D eigenvalue weighted by atomic mass is 35.5. The van der Waals surface area contributed by atoms with Crippen molar-refractivity contribution in [2.45, 2.75) is 31.4 Å². The van der Waals surface area contributed by atoms with Crippen LogP contribution in [0, 0.1) is 0 Å². The Bertz CT molecular complexity index is 1090. The Morgan fingerprint density at radius 2 is 1.89 bits per heavy atom. The van der Waals surface area contributed by atoms with Gasteiger partial charge in [-0.05, 0) is 44.2 Å². The van der Waals surface area contributed by atoms with Gasteiger partial charge < -0.3 is 9.15 Å². The third-order valence-electron chi connectivity index (χ3n) is 4.38. The molecule has 0 radical (unpaired) electrons. The van der Waals surface area contributed by atoms with Crippen LogP contribution in [-0.4, -0.2) is 31.8 Å². The van der Waals surface area contributed by atoms with Gasteiger partial charge in [-0.3, -0.25) is 0 Å². The van der Waals surface area contributed by atoms with E-state index in [2.05, 4.69) is 0 Å². The van der Waals surface area contributed by atoms with Crippen LogP contribution in [-0.2, 0) is 21.4 Å². The summed E-state index contributed by atoms with van der Waals surface area (Å²) in [5.41, 5.74) is 0.674.